The van der Waals surface area contributed by atoms with Gasteiger partial charge in [-0.15, -0.1) is 11.3 Å². The van der Waals surface area contributed by atoms with E-state index >= 15 is 0 Å². The van der Waals surface area contributed by atoms with Crippen LogP contribution in [0.15, 0.2) is 17.5 Å². The molecular weight excluding hydrogens is 290 g/mol. The smallest absolute Gasteiger partial charge is 0.328 e. The molecule has 1 aliphatic heterocycles. The number of ether oxygens (including phenoxy) is 1. The molecule has 1 aromatic rings. The highest BCUT2D eigenvalue weighted by Gasteiger charge is 2.32. The van der Waals surface area contributed by atoms with E-state index in [9.17, 15) is 9.90 Å². The predicted octanol–water partition coefficient (Wildman–Crippen LogP) is 1.82. The van der Waals surface area contributed by atoms with Crippen LogP contribution in [-0.2, 0) is 16.1 Å². The number of rotatable bonds is 5. The van der Waals surface area contributed by atoms with Crippen molar-refractivity contribution in [3.63, 3.8) is 0 Å². The van der Waals surface area contributed by atoms with Crippen LogP contribution in [0.4, 0.5) is 0 Å². The molecule has 1 saturated heterocycles. The van der Waals surface area contributed by atoms with Crippen molar-refractivity contribution in [1.82, 2.24) is 4.90 Å². The molecule has 1 unspecified atom stereocenters. The van der Waals surface area contributed by atoms with E-state index in [1.807, 2.05) is 25.3 Å². The number of carbonyl (C=O) groups is 1. The van der Waals surface area contributed by atoms with E-state index in [-0.39, 0.29) is 18.3 Å². The molecule has 0 amide bonds. The van der Waals surface area contributed by atoms with Crippen molar-refractivity contribution in [3.8, 4) is 0 Å². The highest BCUT2D eigenvalue weighted by Crippen LogP contribution is 2.24. The maximum atomic E-state index is 10.5. The second-order valence-electron chi connectivity index (χ2n) is 5.87. The second kappa shape index (κ2) is 6.70. The molecule has 2 heterocycles. The largest absolute Gasteiger partial charge is 0.478 e. The van der Waals surface area contributed by atoms with E-state index in [0.29, 0.717) is 6.54 Å². The molecule has 2 rings (SSSR count). The number of aliphatic hydroxyl groups is 1. The molecule has 2 N–H and O–H groups in total. The molecule has 1 aromatic heterocycles. The maximum Gasteiger partial charge on any atom is 0.328 e. The fraction of sp³-hybridized carbons (Fsp3) is 0.533. The highest BCUT2D eigenvalue weighted by molar-refractivity contribution is 7.10. The summed E-state index contributed by atoms with van der Waals surface area (Å²) in [6, 6.07) is 2.00. The van der Waals surface area contributed by atoms with Crippen LogP contribution in [-0.4, -0.2) is 52.5 Å². The zero-order valence-corrected chi connectivity index (χ0v) is 13.1. The van der Waals surface area contributed by atoms with E-state index in [4.69, 9.17) is 9.84 Å². The number of nitrogens with zero attached hydrogens (tertiary/aromatic N) is 1. The van der Waals surface area contributed by atoms with Crippen LogP contribution >= 0.6 is 11.3 Å². The Morgan fingerprint density at radius 2 is 2.38 bits per heavy atom. The first-order valence-corrected chi connectivity index (χ1v) is 7.75. The van der Waals surface area contributed by atoms with E-state index < -0.39 is 5.97 Å². The van der Waals surface area contributed by atoms with Gasteiger partial charge in [0.2, 0.25) is 0 Å². The Balaban J connectivity index is 1.99. The normalized spacial score (nSPS) is 22.7. The third-order valence-corrected chi connectivity index (χ3v) is 4.17. The lowest BCUT2D eigenvalue weighted by atomic mass is 10.1. The van der Waals surface area contributed by atoms with Gasteiger partial charge in [0, 0.05) is 30.6 Å². The summed E-state index contributed by atoms with van der Waals surface area (Å²) in [6.45, 7) is 6.38. The van der Waals surface area contributed by atoms with Gasteiger partial charge < -0.3 is 14.9 Å². The standard InChI is InChI=1S/C15H21NO4S/c1-15(2)10-16(6-12(8-17)20-15)7-13-5-11(9-21-13)3-4-14(18)19/h3-5,9,12,17H,6-8,10H2,1-2H3,(H,18,19)/b4-3+. The Morgan fingerprint density at radius 1 is 1.62 bits per heavy atom. The zero-order valence-electron chi connectivity index (χ0n) is 12.3. The topological polar surface area (TPSA) is 70.0 Å². The van der Waals surface area contributed by atoms with Crippen molar-refractivity contribution < 1.29 is 19.7 Å². The summed E-state index contributed by atoms with van der Waals surface area (Å²) in [7, 11) is 0. The molecule has 1 aliphatic rings. The molecule has 0 aromatic carbocycles. The number of carboxylic acid groups (broad SMARTS) is 1. The van der Waals surface area contributed by atoms with Gasteiger partial charge in [-0.05, 0) is 36.9 Å². The number of hydrogen-bond donors (Lipinski definition) is 2. The first-order valence-electron chi connectivity index (χ1n) is 6.87. The van der Waals surface area contributed by atoms with Crippen molar-refractivity contribution >= 4 is 23.4 Å². The van der Waals surface area contributed by atoms with Gasteiger partial charge in [0.15, 0.2) is 0 Å². The lowest BCUT2D eigenvalue weighted by molar-refractivity contribution is -0.150. The fourth-order valence-corrected chi connectivity index (χ4v) is 3.48. The highest BCUT2D eigenvalue weighted by atomic mass is 32.1. The lowest BCUT2D eigenvalue weighted by Gasteiger charge is -2.42. The van der Waals surface area contributed by atoms with Crippen molar-refractivity contribution in [2.45, 2.75) is 32.1 Å². The number of carboxylic acids is 1. The minimum absolute atomic E-state index is 0.0248. The SMILES string of the molecule is CC1(C)CN(Cc2cc(/C=C/C(=O)O)cs2)CC(CO)O1. The fourth-order valence-electron chi connectivity index (χ4n) is 2.59. The number of aliphatic carboxylic acids is 1. The molecule has 1 fully saturated rings. The van der Waals surface area contributed by atoms with Crippen molar-refractivity contribution in [1.29, 1.82) is 0 Å². The Labute approximate surface area is 128 Å². The third kappa shape index (κ3) is 4.93. The van der Waals surface area contributed by atoms with Gasteiger partial charge in [-0.1, -0.05) is 0 Å². The molecular formula is C15H21NO4S. The molecule has 1 atom stereocenters. The minimum Gasteiger partial charge on any atom is -0.478 e. The van der Waals surface area contributed by atoms with E-state index in [1.54, 1.807) is 17.4 Å². The van der Waals surface area contributed by atoms with Crippen LogP contribution in [0.25, 0.3) is 6.08 Å². The second-order valence-corrected chi connectivity index (χ2v) is 6.87. The van der Waals surface area contributed by atoms with Crippen LogP contribution in [0, 0.1) is 0 Å². The summed E-state index contributed by atoms with van der Waals surface area (Å²) in [5.41, 5.74) is 0.637. The average Bonchev–Trinajstić information content (AvgIpc) is 2.82. The van der Waals surface area contributed by atoms with Gasteiger partial charge in [-0.25, -0.2) is 4.79 Å². The molecule has 0 saturated carbocycles. The molecule has 5 nitrogen and oxygen atoms in total. The molecule has 6 heteroatoms. The number of thiophene rings is 1. The number of aliphatic hydroxyl groups excluding tert-OH is 1. The Morgan fingerprint density at radius 3 is 3.05 bits per heavy atom. The van der Waals surface area contributed by atoms with Gasteiger partial charge in [0.1, 0.15) is 0 Å². The van der Waals surface area contributed by atoms with Gasteiger partial charge in [-0.2, -0.15) is 0 Å². The molecule has 0 bridgehead atoms. The summed E-state index contributed by atoms with van der Waals surface area (Å²) in [5, 5.41) is 19.9. The lowest BCUT2D eigenvalue weighted by Crippen LogP contribution is -2.53. The third-order valence-electron chi connectivity index (χ3n) is 3.23. The Hall–Kier alpha value is -1.21. The molecule has 0 spiro atoms. The summed E-state index contributed by atoms with van der Waals surface area (Å²) in [4.78, 5) is 13.9. The summed E-state index contributed by atoms with van der Waals surface area (Å²) in [6.07, 6.45) is 2.59. The van der Waals surface area contributed by atoms with Crippen LogP contribution in [0.1, 0.15) is 24.3 Å². The van der Waals surface area contributed by atoms with Crippen LogP contribution in [0.3, 0.4) is 0 Å². The van der Waals surface area contributed by atoms with Gasteiger partial charge >= 0.3 is 5.97 Å². The maximum absolute atomic E-state index is 10.5. The molecule has 0 radical (unpaired) electrons. The Kier molecular flexibility index (Phi) is 5.16. The summed E-state index contributed by atoms with van der Waals surface area (Å²) in [5.74, 6) is -0.941. The summed E-state index contributed by atoms with van der Waals surface area (Å²) < 4.78 is 5.80. The number of hydrogen-bond acceptors (Lipinski definition) is 5. The quantitative estimate of drug-likeness (QED) is 0.812. The van der Waals surface area contributed by atoms with Gasteiger partial charge in [-0.3, -0.25) is 4.90 Å². The number of morpholine rings is 1. The van der Waals surface area contributed by atoms with Crippen molar-refractivity contribution in [2.75, 3.05) is 19.7 Å². The van der Waals surface area contributed by atoms with Gasteiger partial charge in [0.25, 0.3) is 0 Å². The molecule has 0 aliphatic carbocycles. The van der Waals surface area contributed by atoms with E-state index in [1.165, 1.54) is 4.88 Å². The van der Waals surface area contributed by atoms with Crippen molar-refractivity contribution in [2.24, 2.45) is 0 Å². The predicted molar refractivity (Wildman–Crippen MR) is 82.3 cm³/mol. The Bertz CT molecular complexity index is 523. The average molecular weight is 311 g/mol. The van der Waals surface area contributed by atoms with Crippen molar-refractivity contribution in [3.05, 3.63) is 28.0 Å². The van der Waals surface area contributed by atoms with E-state index in [2.05, 4.69) is 4.90 Å². The molecule has 116 valence electrons. The van der Waals surface area contributed by atoms with Gasteiger partial charge in [0.05, 0.1) is 18.3 Å². The minimum atomic E-state index is -0.941. The summed E-state index contributed by atoms with van der Waals surface area (Å²) >= 11 is 1.61. The first-order chi connectivity index (χ1) is 9.88. The monoisotopic (exact) mass is 311 g/mol. The zero-order chi connectivity index (χ0) is 15.5. The van der Waals surface area contributed by atoms with Crippen LogP contribution < -0.4 is 0 Å². The molecule has 21 heavy (non-hydrogen) atoms. The van der Waals surface area contributed by atoms with E-state index in [0.717, 1.165) is 24.7 Å². The van der Waals surface area contributed by atoms with Crippen LogP contribution in [0.2, 0.25) is 0 Å². The first kappa shape index (κ1) is 16.2. The van der Waals surface area contributed by atoms with Crippen LogP contribution in [0.5, 0.6) is 0 Å².